The Morgan fingerprint density at radius 3 is 2.70 bits per heavy atom. The average Bonchev–Trinajstić information content (AvgIpc) is 2.80. The first-order valence-corrected chi connectivity index (χ1v) is 6.59. The van der Waals surface area contributed by atoms with Crippen LogP contribution in [0.4, 0.5) is 5.95 Å². The van der Waals surface area contributed by atoms with Crippen LogP contribution in [0.5, 0.6) is 5.75 Å². The second kappa shape index (κ2) is 6.43. The van der Waals surface area contributed by atoms with Gasteiger partial charge in [-0.15, -0.1) is 0 Å². The zero-order valence-electron chi connectivity index (χ0n) is 12.4. The minimum absolute atomic E-state index is 0.646. The van der Waals surface area contributed by atoms with E-state index < -0.39 is 0 Å². The molecular formula is C15H21N3O2. The Morgan fingerprint density at radius 2 is 2.05 bits per heavy atom. The van der Waals surface area contributed by atoms with Crippen LogP contribution in [0.2, 0.25) is 0 Å². The molecule has 0 aliphatic carbocycles. The summed E-state index contributed by atoms with van der Waals surface area (Å²) in [4.78, 5) is 4.51. The zero-order chi connectivity index (χ0) is 14.5. The number of nitrogens with zero attached hydrogens (tertiary/aromatic N) is 2. The molecule has 0 saturated carbocycles. The van der Waals surface area contributed by atoms with Gasteiger partial charge in [-0.2, -0.15) is 0 Å². The van der Waals surface area contributed by atoms with E-state index in [0.717, 1.165) is 35.2 Å². The summed E-state index contributed by atoms with van der Waals surface area (Å²) >= 11 is 0. The molecule has 5 heteroatoms. The summed E-state index contributed by atoms with van der Waals surface area (Å²) in [5.41, 5.74) is 3.20. The van der Waals surface area contributed by atoms with E-state index in [1.165, 1.54) is 0 Å². The van der Waals surface area contributed by atoms with Crippen LogP contribution in [0.25, 0.3) is 5.69 Å². The highest BCUT2D eigenvalue weighted by Gasteiger charge is 2.10. The van der Waals surface area contributed by atoms with Crippen molar-refractivity contribution in [2.24, 2.45) is 0 Å². The van der Waals surface area contributed by atoms with Gasteiger partial charge in [0, 0.05) is 19.9 Å². The summed E-state index contributed by atoms with van der Waals surface area (Å²) in [6, 6.07) is 6.01. The van der Waals surface area contributed by atoms with E-state index in [0.29, 0.717) is 6.61 Å². The number of anilines is 1. The second-order valence-corrected chi connectivity index (χ2v) is 4.65. The summed E-state index contributed by atoms with van der Waals surface area (Å²) in [7, 11) is 3.36. The third-order valence-electron chi connectivity index (χ3n) is 3.08. The number of ether oxygens (including phenoxy) is 2. The minimum Gasteiger partial charge on any atom is -0.497 e. The fourth-order valence-corrected chi connectivity index (χ4v) is 2.10. The van der Waals surface area contributed by atoms with Crippen LogP contribution < -0.4 is 10.1 Å². The van der Waals surface area contributed by atoms with E-state index in [2.05, 4.69) is 21.8 Å². The molecule has 108 valence electrons. The predicted octanol–water partition coefficient (Wildman–Crippen LogP) is 2.56. The number of rotatable bonds is 6. The van der Waals surface area contributed by atoms with E-state index in [1.807, 2.05) is 31.3 Å². The van der Waals surface area contributed by atoms with Crippen molar-refractivity contribution in [1.29, 1.82) is 0 Å². The molecule has 0 aliphatic heterocycles. The largest absolute Gasteiger partial charge is 0.497 e. The maximum absolute atomic E-state index is 5.24. The van der Waals surface area contributed by atoms with Crippen LogP contribution in [-0.4, -0.2) is 36.9 Å². The van der Waals surface area contributed by atoms with Gasteiger partial charge in [-0.3, -0.25) is 4.57 Å². The van der Waals surface area contributed by atoms with Gasteiger partial charge in [0.15, 0.2) is 0 Å². The highest BCUT2D eigenvalue weighted by Crippen LogP contribution is 2.23. The maximum atomic E-state index is 5.24. The number of methoxy groups -OCH3 is 2. The van der Waals surface area contributed by atoms with Crippen molar-refractivity contribution < 1.29 is 9.47 Å². The first kappa shape index (κ1) is 14.4. The first-order chi connectivity index (χ1) is 9.65. The summed E-state index contributed by atoms with van der Waals surface area (Å²) in [6.07, 6.45) is 2.02. The Balaban J connectivity index is 2.32. The van der Waals surface area contributed by atoms with Crippen LogP contribution in [0.15, 0.2) is 24.4 Å². The molecule has 0 spiro atoms. The lowest BCUT2D eigenvalue weighted by molar-refractivity contribution is 0.210. The Labute approximate surface area is 119 Å². The van der Waals surface area contributed by atoms with Gasteiger partial charge in [0.1, 0.15) is 5.75 Å². The van der Waals surface area contributed by atoms with Crippen molar-refractivity contribution in [3.63, 3.8) is 0 Å². The summed E-state index contributed by atoms with van der Waals surface area (Å²) in [5.74, 6) is 1.68. The highest BCUT2D eigenvalue weighted by molar-refractivity contribution is 5.50. The van der Waals surface area contributed by atoms with E-state index in [4.69, 9.17) is 9.47 Å². The topological polar surface area (TPSA) is 48.3 Å². The normalized spacial score (nSPS) is 10.6. The molecular weight excluding hydrogens is 254 g/mol. The second-order valence-electron chi connectivity index (χ2n) is 4.65. The molecule has 1 aromatic heterocycles. The Hall–Kier alpha value is -2.01. The molecule has 0 amide bonds. The molecule has 0 radical (unpaired) electrons. The van der Waals surface area contributed by atoms with Gasteiger partial charge in [0.2, 0.25) is 5.95 Å². The van der Waals surface area contributed by atoms with Crippen molar-refractivity contribution in [2.75, 3.05) is 32.7 Å². The van der Waals surface area contributed by atoms with Gasteiger partial charge in [-0.05, 0) is 37.6 Å². The molecule has 2 aromatic rings. The van der Waals surface area contributed by atoms with Gasteiger partial charge in [0.05, 0.1) is 25.1 Å². The molecule has 20 heavy (non-hydrogen) atoms. The van der Waals surface area contributed by atoms with E-state index in [1.54, 1.807) is 14.2 Å². The highest BCUT2D eigenvalue weighted by atomic mass is 16.5. The minimum atomic E-state index is 0.646. The fourth-order valence-electron chi connectivity index (χ4n) is 2.10. The number of aryl methyl sites for hydroxylation is 2. The smallest absolute Gasteiger partial charge is 0.207 e. The third kappa shape index (κ3) is 3.11. The molecule has 5 nitrogen and oxygen atoms in total. The molecule has 0 atom stereocenters. The Bertz CT molecular complexity index is 578. The number of benzene rings is 1. The summed E-state index contributed by atoms with van der Waals surface area (Å²) < 4.78 is 12.4. The van der Waals surface area contributed by atoms with Crippen LogP contribution in [0.1, 0.15) is 11.3 Å². The lowest BCUT2D eigenvalue weighted by Crippen LogP contribution is -2.12. The molecule has 1 N–H and O–H groups in total. The standard InChI is InChI=1S/C15H21N3O2/c1-11-9-13(20-4)5-6-14(11)18-10-12(2)17-15(18)16-7-8-19-3/h5-6,9-10H,7-8H2,1-4H3,(H,16,17). The SMILES string of the molecule is COCCNc1nc(C)cn1-c1ccc(OC)cc1C. The van der Waals surface area contributed by atoms with Gasteiger partial charge in [0.25, 0.3) is 0 Å². The van der Waals surface area contributed by atoms with Gasteiger partial charge in [-0.1, -0.05) is 0 Å². The molecule has 1 heterocycles. The van der Waals surface area contributed by atoms with Crippen LogP contribution in [0.3, 0.4) is 0 Å². The van der Waals surface area contributed by atoms with Crippen molar-refractivity contribution >= 4 is 5.95 Å². The van der Waals surface area contributed by atoms with Crippen molar-refractivity contribution in [2.45, 2.75) is 13.8 Å². The lowest BCUT2D eigenvalue weighted by atomic mass is 10.2. The lowest BCUT2D eigenvalue weighted by Gasteiger charge is -2.12. The third-order valence-corrected chi connectivity index (χ3v) is 3.08. The first-order valence-electron chi connectivity index (χ1n) is 6.59. The number of hydrogen-bond donors (Lipinski definition) is 1. The quantitative estimate of drug-likeness (QED) is 0.823. The monoisotopic (exact) mass is 275 g/mol. The van der Waals surface area contributed by atoms with Gasteiger partial charge in [-0.25, -0.2) is 4.98 Å². The van der Waals surface area contributed by atoms with Gasteiger partial charge >= 0.3 is 0 Å². The van der Waals surface area contributed by atoms with E-state index in [-0.39, 0.29) is 0 Å². The van der Waals surface area contributed by atoms with Crippen LogP contribution >= 0.6 is 0 Å². The molecule has 2 rings (SSSR count). The molecule has 1 aromatic carbocycles. The van der Waals surface area contributed by atoms with E-state index >= 15 is 0 Å². The van der Waals surface area contributed by atoms with Crippen molar-refractivity contribution in [1.82, 2.24) is 9.55 Å². The Kier molecular flexibility index (Phi) is 4.63. The van der Waals surface area contributed by atoms with Crippen molar-refractivity contribution in [3.05, 3.63) is 35.7 Å². The fraction of sp³-hybridized carbons (Fsp3) is 0.400. The number of nitrogens with one attached hydrogen (secondary N) is 1. The summed E-state index contributed by atoms with van der Waals surface area (Å²) in [5, 5.41) is 3.28. The molecule has 0 saturated heterocycles. The number of hydrogen-bond acceptors (Lipinski definition) is 4. The van der Waals surface area contributed by atoms with Crippen LogP contribution in [0, 0.1) is 13.8 Å². The molecule has 0 unspecified atom stereocenters. The van der Waals surface area contributed by atoms with Crippen LogP contribution in [-0.2, 0) is 4.74 Å². The average molecular weight is 275 g/mol. The number of aromatic nitrogens is 2. The molecule has 0 aliphatic rings. The predicted molar refractivity (Wildman–Crippen MR) is 80.0 cm³/mol. The molecule has 0 bridgehead atoms. The maximum Gasteiger partial charge on any atom is 0.207 e. The zero-order valence-corrected chi connectivity index (χ0v) is 12.4. The van der Waals surface area contributed by atoms with E-state index in [9.17, 15) is 0 Å². The summed E-state index contributed by atoms with van der Waals surface area (Å²) in [6.45, 7) is 5.42. The Morgan fingerprint density at radius 1 is 1.25 bits per heavy atom. The number of imidazole rings is 1. The van der Waals surface area contributed by atoms with Crippen molar-refractivity contribution in [3.8, 4) is 11.4 Å². The van der Waals surface area contributed by atoms with Gasteiger partial charge < -0.3 is 14.8 Å². The molecule has 0 fully saturated rings.